The predicted molar refractivity (Wildman–Crippen MR) is 76.6 cm³/mol. The molecule has 0 saturated heterocycles. The van der Waals surface area contributed by atoms with Crippen molar-refractivity contribution in [1.82, 2.24) is 0 Å². The molecular weight excluding hydrogens is 246 g/mol. The number of nitrogens with two attached hydrogens (primary N) is 1. The van der Waals surface area contributed by atoms with Crippen LogP contribution in [-0.4, -0.2) is 24.7 Å². The van der Waals surface area contributed by atoms with Crippen molar-refractivity contribution in [3.63, 3.8) is 0 Å². The van der Waals surface area contributed by atoms with Crippen LogP contribution >= 0.6 is 11.8 Å². The van der Waals surface area contributed by atoms with Crippen molar-refractivity contribution in [3.05, 3.63) is 23.8 Å². The molecule has 0 saturated carbocycles. The Morgan fingerprint density at radius 3 is 3.06 bits per heavy atom. The van der Waals surface area contributed by atoms with Gasteiger partial charge in [-0.15, -0.1) is 0 Å². The maximum atomic E-state index is 6.20. The zero-order chi connectivity index (χ0) is 13.0. The summed E-state index contributed by atoms with van der Waals surface area (Å²) >= 11 is 1.95. The largest absolute Gasteiger partial charge is 0.497 e. The van der Waals surface area contributed by atoms with E-state index >= 15 is 0 Å². The standard InChI is InChI=1S/C14H21NO2S/c1-3-18-7-6-11-8-13(15)12-5-4-10(16-2)9-14(12)17-11/h4-5,9,11,13H,3,6-8,15H2,1-2H3. The molecular formula is C14H21NO2S. The van der Waals surface area contributed by atoms with Crippen LogP contribution in [-0.2, 0) is 0 Å². The van der Waals surface area contributed by atoms with Crippen LogP contribution in [0.4, 0.5) is 0 Å². The van der Waals surface area contributed by atoms with Gasteiger partial charge in [0.25, 0.3) is 0 Å². The van der Waals surface area contributed by atoms with Crippen molar-refractivity contribution < 1.29 is 9.47 Å². The lowest BCUT2D eigenvalue weighted by Gasteiger charge is -2.30. The van der Waals surface area contributed by atoms with Crippen LogP contribution in [0.2, 0.25) is 0 Å². The van der Waals surface area contributed by atoms with Crippen molar-refractivity contribution in [2.24, 2.45) is 5.73 Å². The molecule has 0 spiro atoms. The fraction of sp³-hybridized carbons (Fsp3) is 0.571. The van der Waals surface area contributed by atoms with Gasteiger partial charge in [-0.1, -0.05) is 13.0 Å². The number of rotatable bonds is 5. The summed E-state index contributed by atoms with van der Waals surface area (Å²) < 4.78 is 11.2. The first-order chi connectivity index (χ1) is 8.74. The number of thioether (sulfide) groups is 1. The van der Waals surface area contributed by atoms with Gasteiger partial charge in [0, 0.05) is 24.1 Å². The Labute approximate surface area is 113 Å². The van der Waals surface area contributed by atoms with E-state index in [1.54, 1.807) is 7.11 Å². The van der Waals surface area contributed by atoms with Gasteiger partial charge in [0.2, 0.25) is 0 Å². The van der Waals surface area contributed by atoms with Crippen LogP contribution < -0.4 is 15.2 Å². The molecule has 18 heavy (non-hydrogen) atoms. The smallest absolute Gasteiger partial charge is 0.128 e. The molecule has 100 valence electrons. The fourth-order valence-corrected chi connectivity index (χ4v) is 2.94. The SMILES string of the molecule is CCSCCC1CC(N)c2ccc(OC)cc2O1. The third-order valence-corrected chi connectivity index (χ3v) is 4.15. The van der Waals surface area contributed by atoms with Crippen LogP contribution in [0.15, 0.2) is 18.2 Å². The molecule has 2 N–H and O–H groups in total. The minimum Gasteiger partial charge on any atom is -0.497 e. The third-order valence-electron chi connectivity index (χ3n) is 3.22. The molecule has 1 aliphatic rings. The zero-order valence-electron chi connectivity index (χ0n) is 11.0. The van der Waals surface area contributed by atoms with E-state index in [2.05, 4.69) is 6.92 Å². The van der Waals surface area contributed by atoms with Crippen LogP contribution in [0.25, 0.3) is 0 Å². The monoisotopic (exact) mass is 267 g/mol. The van der Waals surface area contributed by atoms with Gasteiger partial charge < -0.3 is 15.2 Å². The van der Waals surface area contributed by atoms with E-state index in [1.807, 2.05) is 30.0 Å². The van der Waals surface area contributed by atoms with Gasteiger partial charge in [-0.3, -0.25) is 0 Å². The van der Waals surface area contributed by atoms with Crippen LogP contribution in [0.3, 0.4) is 0 Å². The van der Waals surface area contributed by atoms with Gasteiger partial charge in [0.1, 0.15) is 17.6 Å². The summed E-state index contributed by atoms with van der Waals surface area (Å²) in [4.78, 5) is 0. The molecule has 1 aromatic rings. The fourth-order valence-electron chi connectivity index (χ4n) is 2.22. The number of ether oxygens (including phenoxy) is 2. The van der Waals surface area contributed by atoms with Crippen LogP contribution in [0, 0.1) is 0 Å². The molecule has 2 rings (SSSR count). The van der Waals surface area contributed by atoms with E-state index in [9.17, 15) is 0 Å². The highest BCUT2D eigenvalue weighted by Crippen LogP contribution is 2.36. The Morgan fingerprint density at radius 2 is 2.33 bits per heavy atom. The van der Waals surface area contributed by atoms with Gasteiger partial charge in [-0.05, 0) is 24.0 Å². The molecule has 1 aliphatic heterocycles. The topological polar surface area (TPSA) is 44.5 Å². The molecule has 0 fully saturated rings. The molecule has 2 unspecified atom stereocenters. The maximum absolute atomic E-state index is 6.20. The molecule has 0 aromatic heterocycles. The van der Waals surface area contributed by atoms with E-state index in [0.29, 0.717) is 0 Å². The number of hydrogen-bond acceptors (Lipinski definition) is 4. The number of methoxy groups -OCH3 is 1. The van der Waals surface area contributed by atoms with E-state index < -0.39 is 0 Å². The molecule has 2 atom stereocenters. The van der Waals surface area contributed by atoms with E-state index in [0.717, 1.165) is 41.4 Å². The van der Waals surface area contributed by atoms with Gasteiger partial charge >= 0.3 is 0 Å². The molecule has 4 heteroatoms. The molecule has 0 bridgehead atoms. The first-order valence-corrected chi connectivity index (χ1v) is 7.58. The highest BCUT2D eigenvalue weighted by molar-refractivity contribution is 7.99. The minimum absolute atomic E-state index is 0.0799. The average molecular weight is 267 g/mol. The first-order valence-electron chi connectivity index (χ1n) is 6.42. The normalized spacial score (nSPS) is 22.2. The van der Waals surface area contributed by atoms with Crippen molar-refractivity contribution in [2.45, 2.75) is 31.9 Å². The highest BCUT2D eigenvalue weighted by atomic mass is 32.2. The summed E-state index contributed by atoms with van der Waals surface area (Å²) in [5.74, 6) is 4.00. The van der Waals surface area contributed by atoms with Crippen molar-refractivity contribution in [1.29, 1.82) is 0 Å². The van der Waals surface area contributed by atoms with Crippen molar-refractivity contribution in [2.75, 3.05) is 18.6 Å². The predicted octanol–water partition coefficient (Wildman–Crippen LogP) is 2.99. The summed E-state index contributed by atoms with van der Waals surface area (Å²) in [5, 5.41) is 0. The number of benzene rings is 1. The molecule has 1 aromatic carbocycles. The Kier molecular flexibility index (Phi) is 4.78. The summed E-state index contributed by atoms with van der Waals surface area (Å²) in [6.45, 7) is 2.18. The molecule has 0 amide bonds. The summed E-state index contributed by atoms with van der Waals surface area (Å²) in [6, 6.07) is 5.97. The summed E-state index contributed by atoms with van der Waals surface area (Å²) in [7, 11) is 1.67. The van der Waals surface area contributed by atoms with Crippen molar-refractivity contribution >= 4 is 11.8 Å². The van der Waals surface area contributed by atoms with E-state index in [1.165, 1.54) is 0 Å². The van der Waals surface area contributed by atoms with Crippen LogP contribution in [0.5, 0.6) is 11.5 Å². The zero-order valence-corrected chi connectivity index (χ0v) is 11.8. The second kappa shape index (κ2) is 6.34. The van der Waals surface area contributed by atoms with Gasteiger partial charge in [-0.2, -0.15) is 11.8 Å². The van der Waals surface area contributed by atoms with Gasteiger partial charge in [-0.25, -0.2) is 0 Å². The van der Waals surface area contributed by atoms with E-state index in [4.69, 9.17) is 15.2 Å². The number of hydrogen-bond donors (Lipinski definition) is 1. The maximum Gasteiger partial charge on any atom is 0.128 e. The lowest BCUT2D eigenvalue weighted by molar-refractivity contribution is 0.156. The minimum atomic E-state index is 0.0799. The Balaban J connectivity index is 2.06. The van der Waals surface area contributed by atoms with Crippen molar-refractivity contribution in [3.8, 4) is 11.5 Å². The van der Waals surface area contributed by atoms with E-state index in [-0.39, 0.29) is 12.1 Å². The quantitative estimate of drug-likeness (QED) is 0.833. The lowest BCUT2D eigenvalue weighted by Crippen LogP contribution is -2.30. The van der Waals surface area contributed by atoms with Crippen LogP contribution in [0.1, 0.15) is 31.4 Å². The third kappa shape index (κ3) is 3.12. The molecule has 0 radical (unpaired) electrons. The number of fused-ring (bicyclic) bond motifs is 1. The summed E-state index contributed by atoms with van der Waals surface area (Å²) in [5.41, 5.74) is 7.30. The molecule has 1 heterocycles. The summed E-state index contributed by atoms with van der Waals surface area (Å²) in [6.07, 6.45) is 2.20. The lowest BCUT2D eigenvalue weighted by atomic mass is 9.96. The van der Waals surface area contributed by atoms with Gasteiger partial charge in [0.05, 0.1) is 7.11 Å². The average Bonchev–Trinajstić information content (AvgIpc) is 2.38. The second-order valence-electron chi connectivity index (χ2n) is 4.47. The molecule has 0 aliphatic carbocycles. The Morgan fingerprint density at radius 1 is 1.50 bits per heavy atom. The molecule has 3 nitrogen and oxygen atoms in total. The second-order valence-corrected chi connectivity index (χ2v) is 5.87. The Hall–Kier alpha value is -0.870. The van der Waals surface area contributed by atoms with Gasteiger partial charge in [0.15, 0.2) is 0 Å². The highest BCUT2D eigenvalue weighted by Gasteiger charge is 2.25. The Bertz CT molecular complexity index is 397. The first kappa shape index (κ1) is 13.6.